The molecule has 3 heteroatoms. The number of rotatable bonds is 6. The third-order valence-electron chi connectivity index (χ3n) is 3.36. The average Bonchev–Trinajstić information content (AvgIpc) is 2.30. The van der Waals surface area contributed by atoms with E-state index in [1.54, 1.807) is 0 Å². The van der Waals surface area contributed by atoms with Crippen LogP contribution >= 0.6 is 0 Å². The van der Waals surface area contributed by atoms with Crippen LogP contribution in [0.15, 0.2) is 12.2 Å². The van der Waals surface area contributed by atoms with Crippen LogP contribution in [0, 0.1) is 11.3 Å². The largest absolute Gasteiger partial charge is 0.396 e. The summed E-state index contributed by atoms with van der Waals surface area (Å²) in [6, 6.07) is 0. The number of nitrogens with zero attached hydrogens (tertiary/aromatic N) is 1. The second-order valence-electron chi connectivity index (χ2n) is 5.47. The third kappa shape index (κ3) is 4.24. The first-order valence-electron chi connectivity index (χ1n) is 6.15. The van der Waals surface area contributed by atoms with Crippen LogP contribution in [0.4, 0.5) is 0 Å². The van der Waals surface area contributed by atoms with E-state index in [1.165, 1.54) is 19.3 Å². The highest BCUT2D eigenvalue weighted by Gasteiger charge is 2.25. The standard InChI is InChI=1S/C13H25NO2/c1-13(10-15,11-16)9-14(2)8-12-6-4-3-5-7-12/h3-4,12,15-16H,5-11H2,1-2H3. The van der Waals surface area contributed by atoms with Gasteiger partial charge in [0.15, 0.2) is 0 Å². The van der Waals surface area contributed by atoms with Gasteiger partial charge in [-0.3, -0.25) is 0 Å². The van der Waals surface area contributed by atoms with Crippen LogP contribution in [0.2, 0.25) is 0 Å². The van der Waals surface area contributed by atoms with Gasteiger partial charge in [-0.2, -0.15) is 0 Å². The van der Waals surface area contributed by atoms with Crippen LogP contribution in [0.1, 0.15) is 26.2 Å². The lowest BCUT2D eigenvalue weighted by molar-refractivity contribution is 0.0380. The minimum absolute atomic E-state index is 0.0401. The Hall–Kier alpha value is -0.380. The number of aliphatic hydroxyl groups is 2. The molecule has 0 fully saturated rings. The number of hydrogen-bond acceptors (Lipinski definition) is 3. The first kappa shape index (κ1) is 13.7. The predicted octanol–water partition coefficient (Wildman–Crippen LogP) is 1.27. The molecule has 0 aliphatic heterocycles. The molecule has 0 saturated heterocycles. The lowest BCUT2D eigenvalue weighted by atomic mass is 9.90. The molecule has 0 heterocycles. The van der Waals surface area contributed by atoms with Gasteiger partial charge >= 0.3 is 0 Å². The molecule has 1 aliphatic carbocycles. The van der Waals surface area contributed by atoms with Gasteiger partial charge in [0, 0.05) is 18.5 Å². The fraction of sp³-hybridized carbons (Fsp3) is 0.846. The quantitative estimate of drug-likeness (QED) is 0.672. The molecule has 1 rings (SSSR count). The van der Waals surface area contributed by atoms with Gasteiger partial charge in [-0.25, -0.2) is 0 Å². The summed E-state index contributed by atoms with van der Waals surface area (Å²) in [7, 11) is 2.07. The molecule has 0 aromatic carbocycles. The topological polar surface area (TPSA) is 43.7 Å². The number of hydrogen-bond donors (Lipinski definition) is 2. The molecule has 0 spiro atoms. The van der Waals surface area contributed by atoms with E-state index >= 15 is 0 Å². The summed E-state index contributed by atoms with van der Waals surface area (Å²) in [5.74, 6) is 0.733. The number of aliphatic hydroxyl groups excluding tert-OH is 2. The maximum absolute atomic E-state index is 9.24. The summed E-state index contributed by atoms with van der Waals surface area (Å²) < 4.78 is 0. The van der Waals surface area contributed by atoms with E-state index in [0.717, 1.165) is 19.0 Å². The summed E-state index contributed by atoms with van der Waals surface area (Å²) in [6.45, 7) is 3.81. The third-order valence-corrected chi connectivity index (χ3v) is 3.36. The van der Waals surface area contributed by atoms with Crippen molar-refractivity contribution in [2.24, 2.45) is 11.3 Å². The lowest BCUT2D eigenvalue weighted by Crippen LogP contribution is -2.40. The van der Waals surface area contributed by atoms with Crippen molar-refractivity contribution < 1.29 is 10.2 Å². The molecule has 1 atom stereocenters. The van der Waals surface area contributed by atoms with Crippen LogP contribution in [-0.4, -0.2) is 48.5 Å². The molecular weight excluding hydrogens is 202 g/mol. The Balaban J connectivity index is 2.34. The predicted molar refractivity (Wildman–Crippen MR) is 66.3 cm³/mol. The molecule has 0 aromatic heterocycles. The summed E-state index contributed by atoms with van der Waals surface area (Å²) in [5, 5.41) is 18.5. The van der Waals surface area contributed by atoms with Crippen molar-refractivity contribution in [3.05, 3.63) is 12.2 Å². The van der Waals surface area contributed by atoms with Crippen LogP contribution in [0.25, 0.3) is 0 Å². The Morgan fingerprint density at radius 2 is 2.00 bits per heavy atom. The molecule has 1 aliphatic rings. The van der Waals surface area contributed by atoms with E-state index in [1.807, 2.05) is 6.92 Å². The fourth-order valence-electron chi connectivity index (χ4n) is 2.33. The molecular formula is C13H25NO2. The maximum Gasteiger partial charge on any atom is 0.0519 e. The van der Waals surface area contributed by atoms with E-state index < -0.39 is 0 Å². The van der Waals surface area contributed by atoms with Gasteiger partial charge in [-0.05, 0) is 32.2 Å². The Morgan fingerprint density at radius 3 is 2.50 bits per heavy atom. The van der Waals surface area contributed by atoms with E-state index in [9.17, 15) is 10.2 Å². The molecule has 0 bridgehead atoms. The Bertz CT molecular complexity index is 224. The van der Waals surface area contributed by atoms with E-state index in [-0.39, 0.29) is 18.6 Å². The molecule has 1 unspecified atom stereocenters. The summed E-state index contributed by atoms with van der Waals surface area (Å²) in [5.41, 5.74) is -0.376. The Labute approximate surface area is 98.8 Å². The van der Waals surface area contributed by atoms with E-state index in [2.05, 4.69) is 24.1 Å². The zero-order valence-electron chi connectivity index (χ0n) is 10.5. The molecule has 0 amide bonds. The van der Waals surface area contributed by atoms with Crippen molar-refractivity contribution in [3.8, 4) is 0 Å². The molecule has 0 radical (unpaired) electrons. The van der Waals surface area contributed by atoms with Gasteiger partial charge in [-0.15, -0.1) is 0 Å². The van der Waals surface area contributed by atoms with Gasteiger partial charge in [0.1, 0.15) is 0 Å². The Kier molecular flexibility index (Phi) is 5.46. The van der Waals surface area contributed by atoms with Crippen molar-refractivity contribution in [3.63, 3.8) is 0 Å². The van der Waals surface area contributed by atoms with Crippen molar-refractivity contribution in [1.29, 1.82) is 0 Å². The summed E-state index contributed by atoms with van der Waals surface area (Å²) in [6.07, 6.45) is 8.13. The maximum atomic E-state index is 9.24. The van der Waals surface area contributed by atoms with E-state index in [0.29, 0.717) is 0 Å². The highest BCUT2D eigenvalue weighted by molar-refractivity contribution is 4.91. The normalized spacial score (nSPS) is 21.7. The van der Waals surface area contributed by atoms with Crippen LogP contribution in [-0.2, 0) is 0 Å². The first-order valence-corrected chi connectivity index (χ1v) is 6.15. The van der Waals surface area contributed by atoms with Crippen molar-refractivity contribution in [2.75, 3.05) is 33.4 Å². The first-order chi connectivity index (χ1) is 7.59. The Morgan fingerprint density at radius 1 is 1.31 bits per heavy atom. The highest BCUT2D eigenvalue weighted by atomic mass is 16.3. The highest BCUT2D eigenvalue weighted by Crippen LogP contribution is 2.21. The van der Waals surface area contributed by atoms with Crippen LogP contribution in [0.3, 0.4) is 0 Å². The van der Waals surface area contributed by atoms with Gasteiger partial charge in [0.25, 0.3) is 0 Å². The monoisotopic (exact) mass is 227 g/mol. The van der Waals surface area contributed by atoms with E-state index in [4.69, 9.17) is 0 Å². The summed E-state index contributed by atoms with van der Waals surface area (Å²) >= 11 is 0. The number of allylic oxidation sites excluding steroid dienone is 2. The fourth-order valence-corrected chi connectivity index (χ4v) is 2.33. The summed E-state index contributed by atoms with van der Waals surface area (Å²) in [4.78, 5) is 2.23. The van der Waals surface area contributed by atoms with Gasteiger partial charge < -0.3 is 15.1 Å². The molecule has 0 aromatic rings. The van der Waals surface area contributed by atoms with Crippen LogP contribution in [0.5, 0.6) is 0 Å². The zero-order valence-corrected chi connectivity index (χ0v) is 10.5. The van der Waals surface area contributed by atoms with Gasteiger partial charge in [0.2, 0.25) is 0 Å². The van der Waals surface area contributed by atoms with Crippen molar-refractivity contribution in [2.45, 2.75) is 26.2 Å². The zero-order chi connectivity index (χ0) is 12.0. The average molecular weight is 227 g/mol. The van der Waals surface area contributed by atoms with Crippen LogP contribution < -0.4 is 0 Å². The smallest absolute Gasteiger partial charge is 0.0519 e. The molecule has 2 N–H and O–H groups in total. The molecule has 3 nitrogen and oxygen atoms in total. The van der Waals surface area contributed by atoms with Gasteiger partial charge in [-0.1, -0.05) is 19.1 Å². The van der Waals surface area contributed by atoms with Crippen molar-refractivity contribution >= 4 is 0 Å². The molecule has 94 valence electrons. The second kappa shape index (κ2) is 6.38. The minimum atomic E-state index is -0.376. The van der Waals surface area contributed by atoms with Crippen molar-refractivity contribution in [1.82, 2.24) is 4.90 Å². The molecule has 0 saturated carbocycles. The molecule has 16 heavy (non-hydrogen) atoms. The lowest BCUT2D eigenvalue weighted by Gasteiger charge is -2.32. The SMILES string of the molecule is CN(CC1CC=CCC1)CC(C)(CO)CO. The second-order valence-corrected chi connectivity index (χ2v) is 5.47. The van der Waals surface area contributed by atoms with Gasteiger partial charge in [0.05, 0.1) is 13.2 Å². The minimum Gasteiger partial charge on any atom is -0.396 e.